The van der Waals surface area contributed by atoms with Gasteiger partial charge < -0.3 is 9.47 Å². The predicted octanol–water partition coefficient (Wildman–Crippen LogP) is 1.91. The molecule has 1 atom stereocenters. The first-order valence-electron chi connectivity index (χ1n) is 3.94. The van der Waals surface area contributed by atoms with E-state index >= 15 is 0 Å². The lowest BCUT2D eigenvalue weighted by Crippen LogP contribution is -2.08. The van der Waals surface area contributed by atoms with Crippen molar-refractivity contribution in [2.75, 3.05) is 32.8 Å². The minimum absolute atomic E-state index is 0.458. The molecule has 2 nitrogen and oxygen atoms in total. The molecule has 68 valence electrons. The molecule has 0 aliphatic heterocycles. The molecule has 0 saturated heterocycles. The van der Waals surface area contributed by atoms with Gasteiger partial charge in [-0.15, -0.1) is 11.6 Å². The molecule has 0 spiro atoms. The Morgan fingerprint density at radius 2 is 2.09 bits per heavy atom. The maximum absolute atomic E-state index is 5.59. The van der Waals surface area contributed by atoms with Crippen LogP contribution in [0, 0.1) is 5.92 Å². The minimum Gasteiger partial charge on any atom is -0.385 e. The van der Waals surface area contributed by atoms with Gasteiger partial charge in [-0.2, -0.15) is 0 Å². The Labute approximate surface area is 73.8 Å². The molecule has 0 rings (SSSR count). The summed E-state index contributed by atoms with van der Waals surface area (Å²) in [5, 5.41) is 0. The first-order valence-corrected chi connectivity index (χ1v) is 4.47. The van der Waals surface area contributed by atoms with E-state index in [0.717, 1.165) is 26.2 Å². The van der Waals surface area contributed by atoms with Crippen molar-refractivity contribution in [3.05, 3.63) is 0 Å². The fraction of sp³-hybridized carbons (Fsp3) is 1.00. The highest BCUT2D eigenvalue weighted by molar-refractivity contribution is 6.18. The zero-order valence-corrected chi connectivity index (χ0v) is 8.06. The molecular formula is C8H17ClO2. The fourth-order valence-corrected chi connectivity index (χ4v) is 0.723. The molecule has 0 N–H and O–H groups in total. The SMILES string of the molecule is COCCCOCC(C)CCl. The van der Waals surface area contributed by atoms with Gasteiger partial charge in [0.1, 0.15) is 0 Å². The number of hydrogen-bond acceptors (Lipinski definition) is 2. The number of ether oxygens (including phenoxy) is 2. The maximum atomic E-state index is 5.59. The maximum Gasteiger partial charge on any atom is 0.0503 e. The Kier molecular flexibility index (Phi) is 8.47. The molecule has 11 heavy (non-hydrogen) atoms. The van der Waals surface area contributed by atoms with Crippen LogP contribution in [0.5, 0.6) is 0 Å². The molecule has 0 amide bonds. The van der Waals surface area contributed by atoms with Crippen molar-refractivity contribution in [1.29, 1.82) is 0 Å². The quantitative estimate of drug-likeness (QED) is 0.440. The topological polar surface area (TPSA) is 18.5 Å². The van der Waals surface area contributed by atoms with E-state index < -0.39 is 0 Å². The lowest BCUT2D eigenvalue weighted by molar-refractivity contribution is 0.0868. The molecule has 0 bridgehead atoms. The van der Waals surface area contributed by atoms with Gasteiger partial charge in [0, 0.05) is 26.2 Å². The largest absolute Gasteiger partial charge is 0.385 e. The Bertz CT molecular complexity index is 78.5. The van der Waals surface area contributed by atoms with Gasteiger partial charge in [-0.25, -0.2) is 0 Å². The first kappa shape index (κ1) is 11.2. The average molecular weight is 181 g/mol. The van der Waals surface area contributed by atoms with Crippen molar-refractivity contribution in [2.24, 2.45) is 5.92 Å². The summed E-state index contributed by atoms with van der Waals surface area (Å²) in [7, 11) is 1.70. The van der Waals surface area contributed by atoms with Gasteiger partial charge in [0.2, 0.25) is 0 Å². The van der Waals surface area contributed by atoms with E-state index in [2.05, 4.69) is 6.92 Å². The molecular weight excluding hydrogens is 164 g/mol. The van der Waals surface area contributed by atoms with E-state index in [0.29, 0.717) is 11.8 Å². The van der Waals surface area contributed by atoms with E-state index in [1.807, 2.05) is 0 Å². The van der Waals surface area contributed by atoms with Crippen molar-refractivity contribution in [1.82, 2.24) is 0 Å². The number of methoxy groups -OCH3 is 1. The third-order valence-corrected chi connectivity index (χ3v) is 1.83. The standard InChI is InChI=1S/C8H17ClO2/c1-8(6-9)7-11-5-3-4-10-2/h8H,3-7H2,1-2H3. The monoisotopic (exact) mass is 180 g/mol. The average Bonchev–Trinajstić information content (AvgIpc) is 2.04. The Balaban J connectivity index is 2.89. The highest BCUT2D eigenvalue weighted by Gasteiger charge is 1.98. The van der Waals surface area contributed by atoms with E-state index in [1.54, 1.807) is 7.11 Å². The Morgan fingerprint density at radius 3 is 2.64 bits per heavy atom. The van der Waals surface area contributed by atoms with Crippen molar-refractivity contribution in [3.63, 3.8) is 0 Å². The molecule has 1 unspecified atom stereocenters. The summed E-state index contributed by atoms with van der Waals surface area (Å²) in [6.07, 6.45) is 0.964. The van der Waals surface area contributed by atoms with Crippen molar-refractivity contribution >= 4 is 11.6 Å². The molecule has 0 heterocycles. The van der Waals surface area contributed by atoms with Gasteiger partial charge in [0.15, 0.2) is 0 Å². The van der Waals surface area contributed by atoms with E-state index in [4.69, 9.17) is 21.1 Å². The van der Waals surface area contributed by atoms with Crippen molar-refractivity contribution in [2.45, 2.75) is 13.3 Å². The van der Waals surface area contributed by atoms with Gasteiger partial charge in [0.25, 0.3) is 0 Å². The van der Waals surface area contributed by atoms with Crippen LogP contribution >= 0.6 is 11.6 Å². The Morgan fingerprint density at radius 1 is 1.36 bits per heavy atom. The lowest BCUT2D eigenvalue weighted by atomic mass is 10.2. The highest BCUT2D eigenvalue weighted by atomic mass is 35.5. The zero-order valence-electron chi connectivity index (χ0n) is 7.31. The zero-order chi connectivity index (χ0) is 8.53. The molecule has 0 radical (unpaired) electrons. The summed E-state index contributed by atoms with van der Waals surface area (Å²) < 4.78 is 10.2. The summed E-state index contributed by atoms with van der Waals surface area (Å²) in [5.74, 6) is 1.13. The number of halogens is 1. The van der Waals surface area contributed by atoms with Gasteiger partial charge in [-0.3, -0.25) is 0 Å². The van der Waals surface area contributed by atoms with Crippen molar-refractivity contribution in [3.8, 4) is 0 Å². The van der Waals surface area contributed by atoms with Gasteiger partial charge in [-0.05, 0) is 12.3 Å². The fourth-order valence-electron chi connectivity index (χ4n) is 0.634. The molecule has 0 fully saturated rings. The normalized spacial score (nSPS) is 13.4. The van der Waals surface area contributed by atoms with Crippen LogP contribution in [-0.4, -0.2) is 32.8 Å². The summed E-state index contributed by atoms with van der Waals surface area (Å²) in [6.45, 7) is 4.38. The number of rotatable bonds is 7. The molecule has 0 aromatic heterocycles. The smallest absolute Gasteiger partial charge is 0.0503 e. The van der Waals surface area contributed by atoms with E-state index in [1.165, 1.54) is 0 Å². The molecule has 0 aromatic rings. The van der Waals surface area contributed by atoms with Crippen LogP contribution in [0.4, 0.5) is 0 Å². The second-order valence-corrected chi connectivity index (χ2v) is 2.99. The second-order valence-electron chi connectivity index (χ2n) is 2.68. The summed E-state index contributed by atoms with van der Waals surface area (Å²) >= 11 is 5.59. The molecule has 0 aliphatic carbocycles. The van der Waals surface area contributed by atoms with Crippen LogP contribution in [0.15, 0.2) is 0 Å². The lowest BCUT2D eigenvalue weighted by Gasteiger charge is -2.07. The van der Waals surface area contributed by atoms with Crippen LogP contribution in [0.2, 0.25) is 0 Å². The third-order valence-electron chi connectivity index (χ3n) is 1.30. The van der Waals surface area contributed by atoms with Gasteiger partial charge >= 0.3 is 0 Å². The van der Waals surface area contributed by atoms with Crippen LogP contribution in [-0.2, 0) is 9.47 Å². The molecule has 0 aliphatic rings. The second kappa shape index (κ2) is 8.31. The summed E-state index contributed by atoms with van der Waals surface area (Å²) in [6, 6.07) is 0. The molecule has 3 heteroatoms. The van der Waals surface area contributed by atoms with Crippen LogP contribution in [0.25, 0.3) is 0 Å². The van der Waals surface area contributed by atoms with Crippen LogP contribution in [0.1, 0.15) is 13.3 Å². The van der Waals surface area contributed by atoms with Gasteiger partial charge in [0.05, 0.1) is 6.61 Å². The predicted molar refractivity (Wildman–Crippen MR) is 47.2 cm³/mol. The first-order chi connectivity index (χ1) is 5.31. The summed E-state index contributed by atoms with van der Waals surface area (Å²) in [5.41, 5.74) is 0. The number of hydrogen-bond donors (Lipinski definition) is 0. The van der Waals surface area contributed by atoms with Gasteiger partial charge in [-0.1, -0.05) is 6.92 Å². The van der Waals surface area contributed by atoms with Crippen LogP contribution < -0.4 is 0 Å². The molecule has 0 aromatic carbocycles. The van der Waals surface area contributed by atoms with Crippen molar-refractivity contribution < 1.29 is 9.47 Å². The minimum atomic E-state index is 0.458. The van der Waals surface area contributed by atoms with E-state index in [-0.39, 0.29) is 0 Å². The number of alkyl halides is 1. The summed E-state index contributed by atoms with van der Waals surface area (Å²) in [4.78, 5) is 0. The third kappa shape index (κ3) is 8.11. The Hall–Kier alpha value is 0.210. The highest BCUT2D eigenvalue weighted by Crippen LogP contribution is 1.98. The van der Waals surface area contributed by atoms with E-state index in [9.17, 15) is 0 Å². The molecule has 0 saturated carbocycles. The van der Waals surface area contributed by atoms with Crippen LogP contribution in [0.3, 0.4) is 0 Å².